The van der Waals surface area contributed by atoms with Crippen molar-refractivity contribution in [2.45, 2.75) is 18.9 Å². The second-order valence-electron chi connectivity index (χ2n) is 4.66. The normalized spacial score (nSPS) is 18.8. The van der Waals surface area contributed by atoms with Gasteiger partial charge in [-0.3, -0.25) is 0 Å². The number of rotatable bonds is 5. The Bertz CT molecular complexity index is 349. The molecule has 1 aromatic rings. The van der Waals surface area contributed by atoms with Crippen molar-refractivity contribution in [3.8, 4) is 0 Å². The van der Waals surface area contributed by atoms with Crippen LogP contribution >= 0.6 is 0 Å². The number of hydrogen-bond acceptors (Lipinski definition) is 3. The molecule has 0 saturated carbocycles. The lowest BCUT2D eigenvalue weighted by atomic mass is 10.0. The molecule has 0 aliphatic carbocycles. The molecule has 1 aliphatic heterocycles. The highest BCUT2D eigenvalue weighted by atomic mass is 19.1. The number of ether oxygens (including phenoxy) is 2. The van der Waals surface area contributed by atoms with Crippen LogP contribution in [0.25, 0.3) is 0 Å². The van der Waals surface area contributed by atoms with E-state index in [0.29, 0.717) is 19.1 Å². The van der Waals surface area contributed by atoms with Crippen LogP contribution in [0.4, 0.5) is 4.39 Å². The molecule has 4 heteroatoms. The van der Waals surface area contributed by atoms with Gasteiger partial charge < -0.3 is 15.2 Å². The Kier molecular flexibility index (Phi) is 5.11. The first-order chi connectivity index (χ1) is 8.79. The van der Waals surface area contributed by atoms with E-state index in [1.807, 2.05) is 0 Å². The molecule has 0 bridgehead atoms. The monoisotopic (exact) mass is 253 g/mol. The lowest BCUT2D eigenvalue weighted by Crippen LogP contribution is -2.24. The molecule has 0 amide bonds. The van der Waals surface area contributed by atoms with Crippen LogP contribution in [0.1, 0.15) is 24.5 Å². The Labute approximate surface area is 107 Å². The van der Waals surface area contributed by atoms with Crippen LogP contribution in [-0.2, 0) is 9.47 Å². The third-order valence-corrected chi connectivity index (χ3v) is 3.33. The molecule has 1 unspecified atom stereocenters. The van der Waals surface area contributed by atoms with E-state index >= 15 is 0 Å². The van der Waals surface area contributed by atoms with Gasteiger partial charge >= 0.3 is 0 Å². The van der Waals surface area contributed by atoms with Gasteiger partial charge in [0.1, 0.15) is 5.82 Å². The smallest absolute Gasteiger partial charge is 0.123 e. The Morgan fingerprint density at radius 1 is 1.28 bits per heavy atom. The van der Waals surface area contributed by atoms with Crippen LogP contribution in [0, 0.1) is 11.7 Å². The largest absolute Gasteiger partial charge is 0.381 e. The summed E-state index contributed by atoms with van der Waals surface area (Å²) in [6.07, 6.45) is 1.94. The SMILES string of the molecule is NCC(OCC1CCOCC1)c1ccc(F)cc1. The average Bonchev–Trinajstić information content (AvgIpc) is 2.42. The maximum absolute atomic E-state index is 12.8. The summed E-state index contributed by atoms with van der Waals surface area (Å²) < 4.78 is 24.0. The quantitative estimate of drug-likeness (QED) is 0.875. The molecular weight excluding hydrogens is 233 g/mol. The second kappa shape index (κ2) is 6.83. The van der Waals surface area contributed by atoms with Gasteiger partial charge in [-0.1, -0.05) is 12.1 Å². The van der Waals surface area contributed by atoms with E-state index in [4.69, 9.17) is 15.2 Å². The zero-order chi connectivity index (χ0) is 12.8. The number of benzene rings is 1. The molecule has 2 N–H and O–H groups in total. The molecule has 2 rings (SSSR count). The van der Waals surface area contributed by atoms with Gasteiger partial charge in [0.25, 0.3) is 0 Å². The minimum atomic E-state index is -0.237. The molecule has 0 radical (unpaired) electrons. The first-order valence-electron chi connectivity index (χ1n) is 6.44. The summed E-state index contributed by atoms with van der Waals surface area (Å²) in [7, 11) is 0. The first-order valence-corrected chi connectivity index (χ1v) is 6.44. The minimum absolute atomic E-state index is 0.145. The van der Waals surface area contributed by atoms with Crippen molar-refractivity contribution in [1.82, 2.24) is 0 Å². The lowest BCUT2D eigenvalue weighted by Gasteiger charge is -2.24. The molecule has 1 fully saturated rings. The topological polar surface area (TPSA) is 44.5 Å². The summed E-state index contributed by atoms with van der Waals surface area (Å²) in [6.45, 7) is 2.74. The van der Waals surface area contributed by atoms with E-state index in [2.05, 4.69) is 0 Å². The van der Waals surface area contributed by atoms with E-state index in [1.54, 1.807) is 12.1 Å². The van der Waals surface area contributed by atoms with Gasteiger partial charge in [-0.05, 0) is 36.5 Å². The predicted molar refractivity (Wildman–Crippen MR) is 67.7 cm³/mol. The molecule has 0 spiro atoms. The molecule has 100 valence electrons. The number of hydrogen-bond donors (Lipinski definition) is 1. The first kappa shape index (κ1) is 13.5. The van der Waals surface area contributed by atoms with Crippen molar-refractivity contribution in [1.29, 1.82) is 0 Å². The fourth-order valence-corrected chi connectivity index (χ4v) is 2.14. The maximum atomic E-state index is 12.8. The average molecular weight is 253 g/mol. The maximum Gasteiger partial charge on any atom is 0.123 e. The zero-order valence-corrected chi connectivity index (χ0v) is 10.5. The van der Waals surface area contributed by atoms with Crippen LogP contribution in [0.3, 0.4) is 0 Å². The van der Waals surface area contributed by atoms with E-state index in [9.17, 15) is 4.39 Å². The molecule has 3 nitrogen and oxygen atoms in total. The van der Waals surface area contributed by atoms with Crippen molar-refractivity contribution in [2.24, 2.45) is 11.7 Å². The van der Waals surface area contributed by atoms with Crippen LogP contribution in [0.2, 0.25) is 0 Å². The van der Waals surface area contributed by atoms with E-state index in [1.165, 1.54) is 12.1 Å². The predicted octanol–water partition coefficient (Wildman–Crippen LogP) is 2.27. The van der Waals surface area contributed by atoms with E-state index in [0.717, 1.165) is 31.6 Å². The summed E-state index contributed by atoms with van der Waals surface area (Å²) in [6, 6.07) is 6.35. The summed E-state index contributed by atoms with van der Waals surface area (Å²) in [5.41, 5.74) is 6.65. The van der Waals surface area contributed by atoms with Gasteiger partial charge in [-0.25, -0.2) is 4.39 Å². The van der Waals surface area contributed by atoms with Gasteiger partial charge in [0, 0.05) is 19.8 Å². The molecular formula is C14H20FNO2. The number of halogens is 1. The highest BCUT2D eigenvalue weighted by Crippen LogP contribution is 2.21. The summed E-state index contributed by atoms with van der Waals surface area (Å²) in [5, 5.41) is 0. The minimum Gasteiger partial charge on any atom is -0.381 e. The Balaban J connectivity index is 1.86. The Morgan fingerprint density at radius 3 is 2.56 bits per heavy atom. The second-order valence-corrected chi connectivity index (χ2v) is 4.66. The summed E-state index contributed by atoms with van der Waals surface area (Å²) in [4.78, 5) is 0. The van der Waals surface area contributed by atoms with Gasteiger partial charge in [-0.2, -0.15) is 0 Å². The summed E-state index contributed by atoms with van der Waals surface area (Å²) >= 11 is 0. The third kappa shape index (κ3) is 3.77. The standard InChI is InChI=1S/C14H20FNO2/c15-13-3-1-12(2-4-13)14(9-16)18-10-11-5-7-17-8-6-11/h1-4,11,14H,5-10,16H2. The van der Waals surface area contributed by atoms with Crippen LogP contribution in [0.5, 0.6) is 0 Å². The third-order valence-electron chi connectivity index (χ3n) is 3.33. The van der Waals surface area contributed by atoms with Gasteiger partial charge in [-0.15, -0.1) is 0 Å². The molecule has 0 aromatic heterocycles. The van der Waals surface area contributed by atoms with Crippen LogP contribution < -0.4 is 5.73 Å². The fraction of sp³-hybridized carbons (Fsp3) is 0.571. The van der Waals surface area contributed by atoms with Gasteiger partial charge in [0.15, 0.2) is 0 Å². The van der Waals surface area contributed by atoms with Crippen LogP contribution in [0.15, 0.2) is 24.3 Å². The van der Waals surface area contributed by atoms with Crippen molar-refractivity contribution in [3.05, 3.63) is 35.6 Å². The summed E-state index contributed by atoms with van der Waals surface area (Å²) in [5.74, 6) is 0.312. The molecule has 1 aliphatic rings. The van der Waals surface area contributed by atoms with Crippen LogP contribution in [-0.4, -0.2) is 26.4 Å². The molecule has 1 saturated heterocycles. The lowest BCUT2D eigenvalue weighted by molar-refractivity contribution is -0.00874. The van der Waals surface area contributed by atoms with E-state index in [-0.39, 0.29) is 11.9 Å². The van der Waals surface area contributed by atoms with Crippen molar-refractivity contribution >= 4 is 0 Å². The van der Waals surface area contributed by atoms with Gasteiger partial charge in [0.05, 0.1) is 12.7 Å². The van der Waals surface area contributed by atoms with E-state index < -0.39 is 0 Å². The molecule has 18 heavy (non-hydrogen) atoms. The Hall–Kier alpha value is -0.970. The molecule has 1 aromatic carbocycles. The zero-order valence-electron chi connectivity index (χ0n) is 10.5. The highest BCUT2D eigenvalue weighted by molar-refractivity contribution is 5.19. The van der Waals surface area contributed by atoms with Crippen molar-refractivity contribution in [3.63, 3.8) is 0 Å². The fourth-order valence-electron chi connectivity index (χ4n) is 2.14. The van der Waals surface area contributed by atoms with Crippen molar-refractivity contribution in [2.75, 3.05) is 26.4 Å². The van der Waals surface area contributed by atoms with Gasteiger partial charge in [0.2, 0.25) is 0 Å². The van der Waals surface area contributed by atoms with Crippen molar-refractivity contribution < 1.29 is 13.9 Å². The molecule has 1 atom stereocenters. The number of nitrogens with two attached hydrogens (primary N) is 1. The highest BCUT2D eigenvalue weighted by Gasteiger charge is 2.17. The Morgan fingerprint density at radius 2 is 1.94 bits per heavy atom. The molecule has 1 heterocycles.